The molecule has 1 aromatic carbocycles. The van der Waals surface area contributed by atoms with E-state index in [1.165, 1.54) is 24.8 Å². The average Bonchev–Trinajstić information content (AvgIpc) is 2.28. The van der Waals surface area contributed by atoms with Crippen molar-refractivity contribution in [2.45, 2.75) is 31.3 Å². The fraction of sp³-hybridized carbons (Fsp3) is 0.600. The van der Waals surface area contributed by atoms with Crippen molar-refractivity contribution >= 4 is 17.3 Å². The molecule has 0 spiro atoms. The minimum atomic E-state index is 0.367. The van der Waals surface area contributed by atoms with Gasteiger partial charge < -0.3 is 15.5 Å². The van der Waals surface area contributed by atoms with Crippen molar-refractivity contribution in [1.82, 2.24) is 9.80 Å². The summed E-state index contributed by atoms with van der Waals surface area (Å²) in [4.78, 5) is 4.75. The summed E-state index contributed by atoms with van der Waals surface area (Å²) < 4.78 is 0. The van der Waals surface area contributed by atoms with Gasteiger partial charge in [-0.3, -0.25) is 0 Å². The Hall–Kier alpha value is -0.770. The van der Waals surface area contributed by atoms with Crippen LogP contribution in [0.1, 0.15) is 24.8 Å². The van der Waals surface area contributed by atoms with E-state index in [1.807, 2.05) is 12.1 Å². The molecule has 19 heavy (non-hydrogen) atoms. The molecule has 0 aromatic heterocycles. The van der Waals surface area contributed by atoms with Crippen molar-refractivity contribution in [2.24, 2.45) is 0 Å². The number of rotatable bonds is 5. The molecule has 0 radical (unpaired) electrons. The molecule has 4 heteroatoms. The highest BCUT2D eigenvalue weighted by Crippen LogP contribution is 2.36. The minimum absolute atomic E-state index is 0.367. The highest BCUT2D eigenvalue weighted by molar-refractivity contribution is 6.33. The highest BCUT2D eigenvalue weighted by atomic mass is 35.5. The predicted molar refractivity (Wildman–Crippen MR) is 82.5 cm³/mol. The zero-order chi connectivity index (χ0) is 14.0. The van der Waals surface area contributed by atoms with Gasteiger partial charge in [-0.25, -0.2) is 0 Å². The Balaban J connectivity index is 1.97. The summed E-state index contributed by atoms with van der Waals surface area (Å²) in [5.74, 6) is 0. The molecule has 106 valence electrons. The van der Waals surface area contributed by atoms with Crippen molar-refractivity contribution in [3.05, 3.63) is 28.8 Å². The molecule has 1 aromatic rings. The van der Waals surface area contributed by atoms with Crippen LogP contribution in [-0.4, -0.2) is 43.0 Å². The predicted octanol–water partition coefficient (Wildman–Crippen LogP) is 2.84. The topological polar surface area (TPSA) is 32.5 Å². The van der Waals surface area contributed by atoms with E-state index in [2.05, 4.69) is 37.0 Å². The molecule has 1 saturated carbocycles. The number of nitrogens with zero attached hydrogens (tertiary/aromatic N) is 2. The second-order valence-corrected chi connectivity index (χ2v) is 6.41. The van der Waals surface area contributed by atoms with E-state index in [0.717, 1.165) is 13.1 Å². The first kappa shape index (κ1) is 14.6. The lowest BCUT2D eigenvalue weighted by atomic mass is 9.75. The molecule has 0 amide bonds. The number of hydrogen-bond donors (Lipinski definition) is 1. The third-order valence-corrected chi connectivity index (χ3v) is 4.64. The van der Waals surface area contributed by atoms with Gasteiger partial charge in [-0.2, -0.15) is 0 Å². The molecule has 1 fully saturated rings. The molecule has 2 rings (SSSR count). The Morgan fingerprint density at radius 2 is 1.95 bits per heavy atom. The van der Waals surface area contributed by atoms with Gasteiger partial charge in [-0.15, -0.1) is 0 Å². The summed E-state index contributed by atoms with van der Waals surface area (Å²) in [7, 11) is 6.55. The summed E-state index contributed by atoms with van der Waals surface area (Å²) in [6, 6.07) is 5.91. The monoisotopic (exact) mass is 281 g/mol. The smallest absolute Gasteiger partial charge is 0.0638 e. The molecule has 0 unspecified atom stereocenters. The molecule has 2 N–H and O–H groups in total. The molecule has 0 bridgehead atoms. The van der Waals surface area contributed by atoms with Gasteiger partial charge in [0, 0.05) is 18.6 Å². The first-order chi connectivity index (χ1) is 8.93. The lowest BCUT2D eigenvalue weighted by Gasteiger charge is -2.49. The number of nitrogen functional groups attached to an aromatic ring is 1. The van der Waals surface area contributed by atoms with Crippen molar-refractivity contribution < 1.29 is 0 Å². The van der Waals surface area contributed by atoms with E-state index in [9.17, 15) is 0 Å². The molecule has 0 atom stereocenters. The number of halogens is 1. The summed E-state index contributed by atoms with van der Waals surface area (Å²) in [6.45, 7) is 2.01. The molecular formula is C15H24ClN3. The first-order valence-corrected chi connectivity index (χ1v) is 7.21. The van der Waals surface area contributed by atoms with E-state index >= 15 is 0 Å². The van der Waals surface area contributed by atoms with Gasteiger partial charge in [-0.05, 0) is 58.1 Å². The van der Waals surface area contributed by atoms with Gasteiger partial charge >= 0.3 is 0 Å². The van der Waals surface area contributed by atoms with Crippen LogP contribution < -0.4 is 5.73 Å². The van der Waals surface area contributed by atoms with Crippen LogP contribution in [0, 0.1) is 0 Å². The van der Waals surface area contributed by atoms with E-state index in [1.54, 1.807) is 0 Å². The minimum Gasteiger partial charge on any atom is -0.398 e. The van der Waals surface area contributed by atoms with Crippen molar-refractivity contribution in [3.63, 3.8) is 0 Å². The first-order valence-electron chi connectivity index (χ1n) is 6.83. The maximum absolute atomic E-state index is 6.07. The Labute approximate surface area is 121 Å². The van der Waals surface area contributed by atoms with Crippen LogP contribution in [0.5, 0.6) is 0 Å². The lowest BCUT2D eigenvalue weighted by molar-refractivity contribution is 0.0259. The highest BCUT2D eigenvalue weighted by Gasteiger charge is 2.39. The standard InChI is InChI=1S/C15H24ClN3/c1-18(2)15(7-4-8-15)11-19(3)10-12-5-6-14(17)13(16)9-12/h5-6,9H,4,7-8,10-11,17H2,1-3H3. The van der Waals surface area contributed by atoms with Crippen molar-refractivity contribution in [2.75, 3.05) is 33.4 Å². The summed E-state index contributed by atoms with van der Waals surface area (Å²) in [5.41, 5.74) is 7.97. The molecule has 0 aliphatic heterocycles. The number of anilines is 1. The number of benzene rings is 1. The number of hydrogen-bond acceptors (Lipinski definition) is 3. The SMILES string of the molecule is CN(Cc1ccc(N)c(Cl)c1)CC1(N(C)C)CCC1. The lowest BCUT2D eigenvalue weighted by Crippen LogP contribution is -2.56. The Morgan fingerprint density at radius 1 is 1.26 bits per heavy atom. The molecule has 0 heterocycles. The maximum atomic E-state index is 6.07. The average molecular weight is 282 g/mol. The normalized spacial score (nSPS) is 17.8. The van der Waals surface area contributed by atoms with Crippen LogP contribution in [0.2, 0.25) is 5.02 Å². The second kappa shape index (κ2) is 5.70. The van der Waals surface area contributed by atoms with Crippen LogP contribution in [0.25, 0.3) is 0 Å². The molecule has 0 saturated heterocycles. The van der Waals surface area contributed by atoms with E-state index in [-0.39, 0.29) is 0 Å². The molecule has 3 nitrogen and oxygen atoms in total. The summed E-state index contributed by atoms with van der Waals surface area (Å²) in [5, 5.41) is 0.650. The third-order valence-electron chi connectivity index (χ3n) is 4.31. The third kappa shape index (κ3) is 3.22. The molecule has 1 aliphatic carbocycles. The van der Waals surface area contributed by atoms with E-state index in [0.29, 0.717) is 16.2 Å². The quantitative estimate of drug-likeness (QED) is 0.843. The van der Waals surface area contributed by atoms with Gasteiger partial charge in [0.05, 0.1) is 10.7 Å². The fourth-order valence-electron chi connectivity index (χ4n) is 2.87. The zero-order valence-electron chi connectivity index (χ0n) is 12.1. The van der Waals surface area contributed by atoms with Gasteiger partial charge in [-0.1, -0.05) is 17.7 Å². The van der Waals surface area contributed by atoms with Crippen LogP contribution in [0.15, 0.2) is 18.2 Å². The van der Waals surface area contributed by atoms with Gasteiger partial charge in [0.25, 0.3) is 0 Å². The largest absolute Gasteiger partial charge is 0.398 e. The number of nitrogens with two attached hydrogens (primary N) is 1. The second-order valence-electron chi connectivity index (χ2n) is 6.00. The summed E-state index contributed by atoms with van der Waals surface area (Å²) >= 11 is 6.07. The van der Waals surface area contributed by atoms with Gasteiger partial charge in [0.1, 0.15) is 0 Å². The van der Waals surface area contributed by atoms with Gasteiger partial charge in [0.15, 0.2) is 0 Å². The van der Waals surface area contributed by atoms with Crippen LogP contribution in [-0.2, 0) is 6.54 Å². The van der Waals surface area contributed by atoms with Crippen molar-refractivity contribution in [1.29, 1.82) is 0 Å². The van der Waals surface area contributed by atoms with Gasteiger partial charge in [0.2, 0.25) is 0 Å². The van der Waals surface area contributed by atoms with E-state index in [4.69, 9.17) is 17.3 Å². The fourth-order valence-corrected chi connectivity index (χ4v) is 3.07. The van der Waals surface area contributed by atoms with Crippen LogP contribution in [0.4, 0.5) is 5.69 Å². The molecular weight excluding hydrogens is 258 g/mol. The van der Waals surface area contributed by atoms with Crippen molar-refractivity contribution in [3.8, 4) is 0 Å². The maximum Gasteiger partial charge on any atom is 0.0638 e. The number of likely N-dealkylation sites (N-methyl/N-ethyl adjacent to an activating group) is 2. The Kier molecular flexibility index (Phi) is 4.39. The van der Waals surface area contributed by atoms with Crippen LogP contribution in [0.3, 0.4) is 0 Å². The molecule has 1 aliphatic rings. The Bertz CT molecular complexity index is 441. The summed E-state index contributed by atoms with van der Waals surface area (Å²) in [6.07, 6.45) is 3.94. The zero-order valence-corrected chi connectivity index (χ0v) is 12.9. The van der Waals surface area contributed by atoms with E-state index < -0.39 is 0 Å². The Morgan fingerprint density at radius 3 is 2.42 bits per heavy atom. The van der Waals surface area contributed by atoms with Crippen LogP contribution >= 0.6 is 11.6 Å².